The van der Waals surface area contributed by atoms with E-state index >= 15 is 0 Å². The van der Waals surface area contributed by atoms with E-state index in [1.54, 1.807) is 13.0 Å². The summed E-state index contributed by atoms with van der Waals surface area (Å²) in [5.41, 5.74) is 0.474. The molecule has 1 N–H and O–H groups in total. The molecule has 0 aromatic carbocycles. The number of aliphatic carboxylic acids is 1. The van der Waals surface area contributed by atoms with Gasteiger partial charge in [0.25, 0.3) is 5.69 Å². The molecule has 1 heterocycles. The molecule has 0 saturated carbocycles. The largest absolute Gasteiger partial charge is 0.481 e. The zero-order valence-corrected chi connectivity index (χ0v) is 11.2. The summed E-state index contributed by atoms with van der Waals surface area (Å²) in [5, 5.41) is 19.5. The first-order valence-electron chi connectivity index (χ1n) is 5.92. The maximum absolute atomic E-state index is 10.7. The highest BCUT2D eigenvalue weighted by atomic mass is 16.6. The summed E-state index contributed by atoms with van der Waals surface area (Å²) in [6.07, 6.45) is 1.21. The first-order chi connectivity index (χ1) is 8.82. The van der Waals surface area contributed by atoms with Gasteiger partial charge in [0.1, 0.15) is 12.0 Å². The van der Waals surface area contributed by atoms with Gasteiger partial charge in [-0.05, 0) is 26.8 Å². The van der Waals surface area contributed by atoms with Gasteiger partial charge in [-0.25, -0.2) is 4.98 Å². The summed E-state index contributed by atoms with van der Waals surface area (Å²) >= 11 is 0. The van der Waals surface area contributed by atoms with E-state index in [0.29, 0.717) is 17.9 Å². The number of aromatic nitrogens is 1. The van der Waals surface area contributed by atoms with Crippen LogP contribution in [0.1, 0.15) is 25.8 Å². The van der Waals surface area contributed by atoms with E-state index in [9.17, 15) is 14.9 Å². The summed E-state index contributed by atoms with van der Waals surface area (Å²) in [6.45, 7) is 5.79. The van der Waals surface area contributed by atoms with Gasteiger partial charge in [-0.15, -0.1) is 0 Å². The van der Waals surface area contributed by atoms with E-state index in [1.807, 2.05) is 18.7 Å². The molecule has 0 saturated heterocycles. The Morgan fingerprint density at radius 2 is 2.21 bits per heavy atom. The van der Waals surface area contributed by atoms with Crippen LogP contribution in [-0.4, -0.2) is 33.6 Å². The van der Waals surface area contributed by atoms with Crippen molar-refractivity contribution in [2.24, 2.45) is 0 Å². The fourth-order valence-electron chi connectivity index (χ4n) is 1.74. The molecule has 0 aliphatic rings. The molecule has 0 bridgehead atoms. The Balaban J connectivity index is 3.00. The lowest BCUT2D eigenvalue weighted by atomic mass is 10.2. The molecule has 0 atom stereocenters. The minimum absolute atomic E-state index is 0.00407. The highest BCUT2D eigenvalue weighted by molar-refractivity contribution is 5.67. The van der Waals surface area contributed by atoms with E-state index in [2.05, 4.69) is 4.98 Å². The second-order valence-electron chi connectivity index (χ2n) is 4.52. The predicted molar refractivity (Wildman–Crippen MR) is 70.4 cm³/mol. The van der Waals surface area contributed by atoms with Gasteiger partial charge >= 0.3 is 5.97 Å². The quantitative estimate of drug-likeness (QED) is 0.625. The SMILES string of the molecule is Cc1cc(N(CCC(=O)O)C(C)C)ncc1[N+](=O)[O-]. The third-order valence-electron chi connectivity index (χ3n) is 2.75. The van der Waals surface area contributed by atoms with Crippen LogP contribution in [0, 0.1) is 17.0 Å². The van der Waals surface area contributed by atoms with Crippen molar-refractivity contribution in [3.8, 4) is 0 Å². The van der Waals surface area contributed by atoms with E-state index in [-0.39, 0.29) is 18.2 Å². The molecule has 104 valence electrons. The Hall–Kier alpha value is -2.18. The van der Waals surface area contributed by atoms with Crippen molar-refractivity contribution >= 4 is 17.5 Å². The number of anilines is 1. The Morgan fingerprint density at radius 3 is 2.63 bits per heavy atom. The van der Waals surface area contributed by atoms with Crippen LogP contribution in [0.2, 0.25) is 0 Å². The Kier molecular flexibility index (Phi) is 4.80. The average molecular weight is 267 g/mol. The number of rotatable bonds is 6. The van der Waals surface area contributed by atoms with Crippen LogP contribution in [0.5, 0.6) is 0 Å². The van der Waals surface area contributed by atoms with Gasteiger partial charge in [-0.3, -0.25) is 14.9 Å². The van der Waals surface area contributed by atoms with Gasteiger partial charge in [-0.1, -0.05) is 0 Å². The Morgan fingerprint density at radius 1 is 1.58 bits per heavy atom. The van der Waals surface area contributed by atoms with Crippen molar-refractivity contribution in [3.63, 3.8) is 0 Å². The number of aryl methyl sites for hydroxylation is 1. The lowest BCUT2D eigenvalue weighted by Crippen LogP contribution is -2.33. The van der Waals surface area contributed by atoms with Crippen LogP contribution in [0.15, 0.2) is 12.3 Å². The minimum atomic E-state index is -0.885. The lowest BCUT2D eigenvalue weighted by molar-refractivity contribution is -0.385. The standard InChI is InChI=1S/C12H17N3O4/c1-8(2)14(5-4-12(16)17)11-6-9(3)10(7-13-11)15(18)19/h6-8H,4-5H2,1-3H3,(H,16,17). The zero-order valence-electron chi connectivity index (χ0n) is 11.2. The van der Waals surface area contributed by atoms with Gasteiger partial charge < -0.3 is 10.0 Å². The molecule has 0 radical (unpaired) electrons. The number of nitrogens with zero attached hydrogens (tertiary/aromatic N) is 3. The smallest absolute Gasteiger partial charge is 0.305 e. The second kappa shape index (κ2) is 6.12. The monoisotopic (exact) mass is 267 g/mol. The van der Waals surface area contributed by atoms with E-state index in [1.165, 1.54) is 6.20 Å². The van der Waals surface area contributed by atoms with E-state index in [4.69, 9.17) is 5.11 Å². The average Bonchev–Trinajstić information content (AvgIpc) is 2.27. The second-order valence-corrected chi connectivity index (χ2v) is 4.52. The summed E-state index contributed by atoms with van der Waals surface area (Å²) in [6, 6.07) is 1.67. The van der Waals surface area contributed by atoms with Crippen molar-refractivity contribution in [1.29, 1.82) is 0 Å². The molecule has 0 fully saturated rings. The third-order valence-corrected chi connectivity index (χ3v) is 2.75. The number of carboxylic acid groups (broad SMARTS) is 1. The summed E-state index contributed by atoms with van der Waals surface area (Å²) in [5.74, 6) is -0.330. The number of nitro groups is 1. The van der Waals surface area contributed by atoms with Crippen molar-refractivity contribution in [2.45, 2.75) is 33.2 Å². The normalized spacial score (nSPS) is 10.5. The number of hydrogen-bond acceptors (Lipinski definition) is 5. The number of carboxylic acids is 1. The molecule has 0 aliphatic carbocycles. The maximum Gasteiger partial charge on any atom is 0.305 e. The number of pyridine rings is 1. The third kappa shape index (κ3) is 3.90. The number of carbonyl (C=O) groups is 1. The van der Waals surface area contributed by atoms with Crippen LogP contribution >= 0.6 is 0 Å². The van der Waals surface area contributed by atoms with Gasteiger partial charge in [0.15, 0.2) is 0 Å². The van der Waals surface area contributed by atoms with Crippen LogP contribution in [-0.2, 0) is 4.79 Å². The fourth-order valence-corrected chi connectivity index (χ4v) is 1.74. The van der Waals surface area contributed by atoms with Crippen molar-refractivity contribution < 1.29 is 14.8 Å². The molecule has 1 rings (SSSR count). The topological polar surface area (TPSA) is 96.6 Å². The van der Waals surface area contributed by atoms with Gasteiger partial charge in [0.2, 0.25) is 0 Å². The van der Waals surface area contributed by atoms with Crippen LogP contribution in [0.25, 0.3) is 0 Å². The van der Waals surface area contributed by atoms with Crippen molar-refractivity contribution in [2.75, 3.05) is 11.4 Å². The minimum Gasteiger partial charge on any atom is -0.481 e. The summed E-state index contributed by atoms with van der Waals surface area (Å²) < 4.78 is 0. The molecule has 0 unspecified atom stereocenters. The fraction of sp³-hybridized carbons (Fsp3) is 0.500. The Bertz CT molecular complexity index is 488. The molecule has 0 spiro atoms. The van der Waals surface area contributed by atoms with Crippen molar-refractivity contribution in [1.82, 2.24) is 4.98 Å². The van der Waals surface area contributed by atoms with Crippen LogP contribution < -0.4 is 4.90 Å². The molecule has 0 amide bonds. The summed E-state index contributed by atoms with van der Waals surface area (Å²) in [7, 11) is 0. The molecule has 7 nitrogen and oxygen atoms in total. The van der Waals surface area contributed by atoms with E-state index < -0.39 is 10.9 Å². The molecule has 0 aliphatic heterocycles. The maximum atomic E-state index is 10.7. The number of hydrogen-bond donors (Lipinski definition) is 1. The molecular weight excluding hydrogens is 250 g/mol. The Labute approximate surface area is 111 Å². The zero-order chi connectivity index (χ0) is 14.6. The van der Waals surface area contributed by atoms with Crippen molar-refractivity contribution in [3.05, 3.63) is 27.9 Å². The van der Waals surface area contributed by atoms with E-state index in [0.717, 1.165) is 0 Å². The highest BCUT2D eigenvalue weighted by Gasteiger charge is 2.17. The highest BCUT2D eigenvalue weighted by Crippen LogP contribution is 2.22. The molecule has 7 heteroatoms. The predicted octanol–water partition coefficient (Wildman–Crippen LogP) is 1.99. The van der Waals surface area contributed by atoms with Gasteiger partial charge in [0.05, 0.1) is 11.3 Å². The summed E-state index contributed by atoms with van der Waals surface area (Å²) in [4.78, 5) is 26.7. The first kappa shape index (κ1) is 14.9. The first-order valence-corrected chi connectivity index (χ1v) is 5.92. The van der Waals surface area contributed by atoms with Crippen LogP contribution in [0.4, 0.5) is 11.5 Å². The van der Waals surface area contributed by atoms with Crippen LogP contribution in [0.3, 0.4) is 0 Å². The van der Waals surface area contributed by atoms with Gasteiger partial charge in [-0.2, -0.15) is 0 Å². The molecule has 1 aromatic heterocycles. The molecule has 1 aromatic rings. The molecular formula is C12H17N3O4. The van der Waals surface area contributed by atoms with Gasteiger partial charge in [0, 0.05) is 18.2 Å². The molecule has 19 heavy (non-hydrogen) atoms. The lowest BCUT2D eigenvalue weighted by Gasteiger charge is -2.27.